The van der Waals surface area contributed by atoms with Crippen LogP contribution in [0.3, 0.4) is 0 Å². The highest BCUT2D eigenvalue weighted by Gasteiger charge is 2.28. The average molecular weight is 509 g/mol. The summed E-state index contributed by atoms with van der Waals surface area (Å²) in [4.78, 5) is 15.6. The molecule has 1 aliphatic heterocycles. The first-order chi connectivity index (χ1) is 17.2. The van der Waals surface area contributed by atoms with Gasteiger partial charge in [-0.05, 0) is 70.5 Å². The molecule has 0 fully saturated rings. The Balaban J connectivity index is 1.46. The Morgan fingerprint density at radius 3 is 2.33 bits per heavy atom. The molecule has 1 atom stereocenters. The number of nitrogens with one attached hydrogen (secondary N) is 1. The van der Waals surface area contributed by atoms with Gasteiger partial charge < -0.3 is 5.32 Å². The van der Waals surface area contributed by atoms with Gasteiger partial charge in [0.15, 0.2) is 9.84 Å². The Labute approximate surface area is 213 Å². The molecule has 3 aromatic carbocycles. The molecule has 0 aromatic heterocycles. The fourth-order valence-electron chi connectivity index (χ4n) is 4.73. The van der Waals surface area contributed by atoms with Crippen molar-refractivity contribution in [3.05, 3.63) is 100 Å². The Morgan fingerprint density at radius 2 is 1.69 bits per heavy atom. The van der Waals surface area contributed by atoms with Crippen LogP contribution in [0.4, 0.5) is 4.39 Å². The molecule has 36 heavy (non-hydrogen) atoms. The van der Waals surface area contributed by atoms with Crippen molar-refractivity contribution in [3.63, 3.8) is 0 Å². The van der Waals surface area contributed by atoms with Crippen molar-refractivity contribution in [1.82, 2.24) is 10.2 Å². The van der Waals surface area contributed by atoms with Crippen LogP contribution in [0, 0.1) is 11.7 Å². The molecule has 1 heterocycles. The minimum atomic E-state index is -3.24. The van der Waals surface area contributed by atoms with Crippen molar-refractivity contribution >= 4 is 15.7 Å². The Morgan fingerprint density at radius 1 is 1.03 bits per heavy atom. The fourth-order valence-corrected chi connectivity index (χ4v) is 5.62. The number of hydrogen-bond donors (Lipinski definition) is 1. The average Bonchev–Trinajstić information content (AvgIpc) is 2.88. The molecule has 1 aliphatic rings. The van der Waals surface area contributed by atoms with Crippen LogP contribution in [-0.4, -0.2) is 31.5 Å². The van der Waals surface area contributed by atoms with E-state index in [1.807, 2.05) is 24.3 Å². The van der Waals surface area contributed by atoms with Crippen molar-refractivity contribution in [2.75, 3.05) is 12.3 Å². The second kappa shape index (κ2) is 10.9. The molecule has 1 amide bonds. The third-order valence-corrected chi connectivity index (χ3v) is 8.64. The quantitative estimate of drug-likeness (QED) is 0.448. The van der Waals surface area contributed by atoms with Crippen molar-refractivity contribution in [3.8, 4) is 0 Å². The lowest BCUT2D eigenvalue weighted by Gasteiger charge is -2.37. The molecule has 0 saturated carbocycles. The Kier molecular flexibility index (Phi) is 7.91. The van der Waals surface area contributed by atoms with E-state index in [1.54, 1.807) is 31.2 Å². The predicted octanol–water partition coefficient (Wildman–Crippen LogP) is 5.30. The van der Waals surface area contributed by atoms with E-state index in [0.29, 0.717) is 28.8 Å². The van der Waals surface area contributed by atoms with Gasteiger partial charge in [0.1, 0.15) is 5.82 Å². The number of carbonyl (C=O) groups is 1. The summed E-state index contributed by atoms with van der Waals surface area (Å²) in [5.41, 5.74) is 4.93. The van der Waals surface area contributed by atoms with Crippen molar-refractivity contribution in [2.24, 2.45) is 5.92 Å². The van der Waals surface area contributed by atoms with Gasteiger partial charge in [0.2, 0.25) is 0 Å². The number of rotatable bonds is 8. The van der Waals surface area contributed by atoms with Crippen LogP contribution in [0.25, 0.3) is 0 Å². The van der Waals surface area contributed by atoms with E-state index in [2.05, 4.69) is 30.1 Å². The SMILES string of the molecule is CCS(=O)(=O)c1ccc(CNC(=O)c2ccc3c(c2)CN(Cc2ccc(F)cc2)C[C@@H]3C(C)C)cc1. The number of amides is 1. The monoisotopic (exact) mass is 508 g/mol. The van der Waals surface area contributed by atoms with Gasteiger partial charge in [-0.1, -0.05) is 51.1 Å². The van der Waals surface area contributed by atoms with E-state index in [9.17, 15) is 17.6 Å². The first-order valence-corrected chi connectivity index (χ1v) is 14.0. The molecule has 0 unspecified atom stereocenters. The van der Waals surface area contributed by atoms with E-state index >= 15 is 0 Å². The van der Waals surface area contributed by atoms with E-state index in [0.717, 1.165) is 36.3 Å². The van der Waals surface area contributed by atoms with Gasteiger partial charge in [-0.3, -0.25) is 9.69 Å². The maximum absolute atomic E-state index is 13.3. The van der Waals surface area contributed by atoms with Crippen molar-refractivity contribution < 1.29 is 17.6 Å². The number of fused-ring (bicyclic) bond motifs is 1. The maximum atomic E-state index is 13.3. The third kappa shape index (κ3) is 6.02. The molecular weight excluding hydrogens is 475 g/mol. The molecule has 4 rings (SSSR count). The summed E-state index contributed by atoms with van der Waals surface area (Å²) in [6.07, 6.45) is 0. The van der Waals surface area contributed by atoms with E-state index < -0.39 is 9.84 Å². The lowest BCUT2D eigenvalue weighted by atomic mass is 9.81. The summed E-state index contributed by atoms with van der Waals surface area (Å²) in [7, 11) is -3.24. The normalized spacial score (nSPS) is 16.1. The maximum Gasteiger partial charge on any atom is 0.251 e. The minimum Gasteiger partial charge on any atom is -0.348 e. The molecule has 0 spiro atoms. The first kappa shape index (κ1) is 26.0. The van der Waals surface area contributed by atoms with Crippen LogP contribution in [0.1, 0.15) is 59.3 Å². The van der Waals surface area contributed by atoms with Crippen LogP contribution in [0.5, 0.6) is 0 Å². The van der Waals surface area contributed by atoms with E-state index in [-0.39, 0.29) is 17.5 Å². The number of carbonyl (C=O) groups excluding carboxylic acids is 1. The molecule has 1 N–H and O–H groups in total. The number of halogens is 1. The largest absolute Gasteiger partial charge is 0.348 e. The zero-order valence-corrected chi connectivity index (χ0v) is 21.8. The molecular formula is C29H33FN2O3S. The van der Waals surface area contributed by atoms with Gasteiger partial charge in [-0.25, -0.2) is 12.8 Å². The predicted molar refractivity (Wildman–Crippen MR) is 140 cm³/mol. The van der Waals surface area contributed by atoms with Gasteiger partial charge in [0.05, 0.1) is 10.6 Å². The summed E-state index contributed by atoms with van der Waals surface area (Å²) in [5.74, 6) is 0.448. The van der Waals surface area contributed by atoms with Gasteiger partial charge in [0, 0.05) is 31.7 Å². The molecule has 0 aliphatic carbocycles. The van der Waals surface area contributed by atoms with Crippen molar-refractivity contribution in [2.45, 2.75) is 51.2 Å². The molecule has 0 saturated heterocycles. The molecule has 7 heteroatoms. The Bertz CT molecular complexity index is 1320. The summed E-state index contributed by atoms with van der Waals surface area (Å²) in [6.45, 7) is 8.73. The van der Waals surface area contributed by atoms with Crippen LogP contribution >= 0.6 is 0 Å². The number of hydrogen-bond acceptors (Lipinski definition) is 4. The topological polar surface area (TPSA) is 66.5 Å². The van der Waals surface area contributed by atoms with Crippen molar-refractivity contribution in [1.29, 1.82) is 0 Å². The summed E-state index contributed by atoms with van der Waals surface area (Å²) < 4.78 is 37.3. The zero-order chi connectivity index (χ0) is 25.9. The highest BCUT2D eigenvalue weighted by molar-refractivity contribution is 7.91. The van der Waals surface area contributed by atoms with Crippen LogP contribution in [0.15, 0.2) is 71.6 Å². The molecule has 190 valence electrons. The Hall–Kier alpha value is -3.03. The third-order valence-electron chi connectivity index (χ3n) is 6.89. The second-order valence-corrected chi connectivity index (χ2v) is 12.1. The van der Waals surface area contributed by atoms with E-state index in [1.165, 1.54) is 17.7 Å². The number of sulfone groups is 1. The summed E-state index contributed by atoms with van der Waals surface area (Å²) in [6, 6.07) is 19.2. The van der Waals surface area contributed by atoms with Gasteiger partial charge in [-0.2, -0.15) is 0 Å². The second-order valence-electron chi connectivity index (χ2n) is 9.79. The smallest absolute Gasteiger partial charge is 0.251 e. The lowest BCUT2D eigenvalue weighted by molar-refractivity contribution is 0.0950. The fraction of sp³-hybridized carbons (Fsp3) is 0.345. The number of benzene rings is 3. The van der Waals surface area contributed by atoms with E-state index in [4.69, 9.17) is 0 Å². The molecule has 3 aromatic rings. The molecule has 0 radical (unpaired) electrons. The van der Waals surface area contributed by atoms with Gasteiger partial charge in [-0.15, -0.1) is 0 Å². The van der Waals surface area contributed by atoms with Gasteiger partial charge >= 0.3 is 0 Å². The standard InChI is InChI=1S/C29H33FN2O3S/c1-4-36(34,35)26-12-7-21(8-13-26)16-31-29(33)23-9-14-27-24(15-23)18-32(19-28(27)20(2)3)17-22-5-10-25(30)11-6-22/h5-15,20,28H,4,16-19H2,1-3H3,(H,31,33)/t28-/m1/s1. The first-order valence-electron chi connectivity index (χ1n) is 12.4. The van der Waals surface area contributed by atoms with Crippen LogP contribution in [0.2, 0.25) is 0 Å². The highest BCUT2D eigenvalue weighted by atomic mass is 32.2. The van der Waals surface area contributed by atoms with Gasteiger partial charge in [0.25, 0.3) is 5.91 Å². The highest BCUT2D eigenvalue weighted by Crippen LogP contribution is 2.34. The summed E-state index contributed by atoms with van der Waals surface area (Å²) in [5, 5.41) is 2.95. The minimum absolute atomic E-state index is 0.0560. The molecule has 5 nitrogen and oxygen atoms in total. The summed E-state index contributed by atoms with van der Waals surface area (Å²) >= 11 is 0. The van der Waals surface area contributed by atoms with Crippen LogP contribution < -0.4 is 5.32 Å². The lowest BCUT2D eigenvalue weighted by Crippen LogP contribution is -2.35. The molecule has 0 bridgehead atoms. The number of nitrogens with zero attached hydrogens (tertiary/aromatic N) is 1. The van der Waals surface area contributed by atoms with Crippen LogP contribution in [-0.2, 0) is 29.5 Å². The zero-order valence-electron chi connectivity index (χ0n) is 21.0.